The van der Waals surface area contributed by atoms with Gasteiger partial charge in [-0.2, -0.15) is 18.3 Å². The molecule has 0 fully saturated rings. The number of hydrogen-bond acceptors (Lipinski definition) is 6. The van der Waals surface area contributed by atoms with Crippen LogP contribution in [0.1, 0.15) is 5.56 Å². The van der Waals surface area contributed by atoms with E-state index in [4.69, 9.17) is 14.2 Å². The van der Waals surface area contributed by atoms with Crippen molar-refractivity contribution in [3.05, 3.63) is 64.4 Å². The van der Waals surface area contributed by atoms with Crippen LogP contribution in [0.3, 0.4) is 0 Å². The van der Waals surface area contributed by atoms with Crippen LogP contribution in [-0.4, -0.2) is 37.0 Å². The normalized spacial score (nSPS) is 11.1. The van der Waals surface area contributed by atoms with Crippen LogP contribution in [0.5, 0.6) is 17.2 Å². The van der Waals surface area contributed by atoms with Crippen molar-refractivity contribution in [2.75, 3.05) is 26.6 Å². The second-order valence-corrected chi connectivity index (χ2v) is 6.75. The molecule has 0 aliphatic rings. The zero-order valence-corrected chi connectivity index (χ0v) is 17.9. The Bertz CT molecular complexity index is 1220. The lowest BCUT2D eigenvalue weighted by atomic mass is 10.1. The van der Waals surface area contributed by atoms with Crippen molar-refractivity contribution in [1.29, 1.82) is 0 Å². The molecule has 0 saturated heterocycles. The molecule has 1 amide bonds. The maximum absolute atomic E-state index is 13.0. The Hall–Kier alpha value is -4.02. The molecule has 33 heavy (non-hydrogen) atoms. The van der Waals surface area contributed by atoms with Crippen molar-refractivity contribution in [3.63, 3.8) is 0 Å². The first-order valence-electron chi connectivity index (χ1n) is 9.52. The Labute approximate surface area is 186 Å². The number of nitrogens with zero attached hydrogens (tertiary/aromatic N) is 2. The van der Waals surface area contributed by atoms with Gasteiger partial charge >= 0.3 is 6.18 Å². The number of rotatable bonds is 7. The molecule has 0 bridgehead atoms. The number of benzene rings is 2. The molecule has 174 valence electrons. The van der Waals surface area contributed by atoms with Gasteiger partial charge in [0.25, 0.3) is 5.56 Å². The molecule has 11 heteroatoms. The summed E-state index contributed by atoms with van der Waals surface area (Å²) in [5.41, 5.74) is -0.725. The summed E-state index contributed by atoms with van der Waals surface area (Å²) in [6.07, 6.45) is -4.60. The van der Waals surface area contributed by atoms with Crippen LogP contribution in [0.15, 0.2) is 53.3 Å². The average molecular weight is 463 g/mol. The molecule has 0 spiro atoms. The van der Waals surface area contributed by atoms with Crippen LogP contribution >= 0.6 is 0 Å². The molecule has 0 saturated carbocycles. The number of hydrogen-bond donors (Lipinski definition) is 1. The van der Waals surface area contributed by atoms with Gasteiger partial charge < -0.3 is 19.5 Å². The first-order valence-corrected chi connectivity index (χ1v) is 9.52. The van der Waals surface area contributed by atoms with E-state index in [2.05, 4.69) is 10.4 Å². The van der Waals surface area contributed by atoms with E-state index in [1.165, 1.54) is 33.5 Å². The van der Waals surface area contributed by atoms with E-state index in [1.54, 1.807) is 18.2 Å². The molecular formula is C22H20F3N3O5. The van der Waals surface area contributed by atoms with Crippen LogP contribution in [0.25, 0.3) is 11.3 Å². The number of methoxy groups -OCH3 is 3. The van der Waals surface area contributed by atoms with Gasteiger partial charge in [0, 0.05) is 11.6 Å². The number of ether oxygens (including phenoxy) is 3. The number of amides is 1. The van der Waals surface area contributed by atoms with Crippen LogP contribution in [-0.2, 0) is 17.5 Å². The maximum Gasteiger partial charge on any atom is 0.416 e. The van der Waals surface area contributed by atoms with Gasteiger partial charge in [0.05, 0.1) is 38.3 Å². The standard InChI is InChI=1S/C22H20F3N3O5/c1-31-17-8-5-14(22(23,24)25)11-16(17)26-20(29)12-28-21(30)9-6-15(27-28)13-4-7-18(32-2)19(10-13)33-3/h4-11H,12H2,1-3H3,(H,26,29). The van der Waals surface area contributed by atoms with Crippen molar-refractivity contribution in [1.82, 2.24) is 9.78 Å². The predicted octanol–water partition coefficient (Wildman–Crippen LogP) is 3.59. The van der Waals surface area contributed by atoms with E-state index < -0.39 is 29.8 Å². The van der Waals surface area contributed by atoms with Gasteiger partial charge in [-0.3, -0.25) is 9.59 Å². The molecular weight excluding hydrogens is 443 g/mol. The Kier molecular flexibility index (Phi) is 6.90. The minimum Gasteiger partial charge on any atom is -0.495 e. The molecule has 0 aliphatic heterocycles. The van der Waals surface area contributed by atoms with E-state index in [0.717, 1.165) is 22.9 Å². The van der Waals surface area contributed by atoms with Crippen molar-refractivity contribution in [2.24, 2.45) is 0 Å². The third-order valence-electron chi connectivity index (χ3n) is 4.64. The van der Waals surface area contributed by atoms with E-state index in [-0.39, 0.29) is 11.4 Å². The summed E-state index contributed by atoms with van der Waals surface area (Å²) < 4.78 is 55.4. The first-order chi connectivity index (χ1) is 15.7. The highest BCUT2D eigenvalue weighted by atomic mass is 19.4. The van der Waals surface area contributed by atoms with Crippen LogP contribution in [0, 0.1) is 0 Å². The maximum atomic E-state index is 13.0. The summed E-state index contributed by atoms with van der Waals surface area (Å²) in [4.78, 5) is 24.7. The fourth-order valence-corrected chi connectivity index (χ4v) is 3.02. The molecule has 3 rings (SSSR count). The lowest BCUT2D eigenvalue weighted by Crippen LogP contribution is -2.29. The number of anilines is 1. The largest absolute Gasteiger partial charge is 0.495 e. The highest BCUT2D eigenvalue weighted by molar-refractivity contribution is 5.92. The van der Waals surface area contributed by atoms with E-state index >= 15 is 0 Å². The van der Waals surface area contributed by atoms with Gasteiger partial charge in [0.1, 0.15) is 12.3 Å². The van der Waals surface area contributed by atoms with Crippen molar-refractivity contribution >= 4 is 11.6 Å². The molecule has 0 radical (unpaired) electrons. The summed E-state index contributed by atoms with van der Waals surface area (Å²) in [6, 6.07) is 10.4. The van der Waals surface area contributed by atoms with Gasteiger partial charge in [-0.1, -0.05) is 0 Å². The third-order valence-corrected chi connectivity index (χ3v) is 4.64. The molecule has 3 aromatic rings. The van der Waals surface area contributed by atoms with Crippen LogP contribution in [0.4, 0.5) is 18.9 Å². The molecule has 2 aromatic carbocycles. The summed E-state index contributed by atoms with van der Waals surface area (Å²) in [7, 11) is 4.23. The smallest absolute Gasteiger partial charge is 0.416 e. The third kappa shape index (κ3) is 5.43. The number of aromatic nitrogens is 2. The molecule has 1 N–H and O–H groups in total. The van der Waals surface area contributed by atoms with Gasteiger partial charge in [0.2, 0.25) is 5.91 Å². The first kappa shape index (κ1) is 23.6. The molecule has 8 nitrogen and oxygen atoms in total. The fourth-order valence-electron chi connectivity index (χ4n) is 3.02. The summed E-state index contributed by atoms with van der Waals surface area (Å²) >= 11 is 0. The summed E-state index contributed by atoms with van der Waals surface area (Å²) in [5.74, 6) is 0.232. The quantitative estimate of drug-likeness (QED) is 0.576. The summed E-state index contributed by atoms with van der Waals surface area (Å²) in [6.45, 7) is -0.528. The number of halogens is 3. The monoisotopic (exact) mass is 463 g/mol. The molecule has 0 aliphatic carbocycles. The SMILES string of the molecule is COc1ccc(C(F)(F)F)cc1NC(=O)Cn1nc(-c2ccc(OC)c(OC)c2)ccc1=O. The van der Waals surface area contributed by atoms with E-state index in [1.807, 2.05) is 0 Å². The molecule has 0 unspecified atom stereocenters. The van der Waals surface area contributed by atoms with Gasteiger partial charge in [0.15, 0.2) is 11.5 Å². The average Bonchev–Trinajstić information content (AvgIpc) is 2.79. The van der Waals surface area contributed by atoms with E-state index in [9.17, 15) is 22.8 Å². The highest BCUT2D eigenvalue weighted by Crippen LogP contribution is 2.35. The Morgan fingerprint density at radius 2 is 1.61 bits per heavy atom. The zero-order valence-electron chi connectivity index (χ0n) is 17.9. The Morgan fingerprint density at radius 1 is 0.939 bits per heavy atom. The van der Waals surface area contributed by atoms with Gasteiger partial charge in [-0.25, -0.2) is 4.68 Å². The number of carbonyl (C=O) groups is 1. The topological polar surface area (TPSA) is 91.7 Å². The van der Waals surface area contributed by atoms with Gasteiger partial charge in [-0.15, -0.1) is 0 Å². The number of carbonyl (C=O) groups excluding carboxylic acids is 1. The molecule has 0 atom stereocenters. The second-order valence-electron chi connectivity index (χ2n) is 6.75. The van der Waals surface area contributed by atoms with Crippen molar-refractivity contribution in [2.45, 2.75) is 12.7 Å². The lowest BCUT2D eigenvalue weighted by molar-refractivity contribution is -0.137. The number of alkyl halides is 3. The van der Waals surface area contributed by atoms with Crippen LogP contribution < -0.4 is 25.1 Å². The van der Waals surface area contributed by atoms with Crippen molar-refractivity contribution in [3.8, 4) is 28.5 Å². The fraction of sp³-hybridized carbons (Fsp3) is 0.227. The van der Waals surface area contributed by atoms with E-state index in [0.29, 0.717) is 22.8 Å². The molecule has 1 heterocycles. The Morgan fingerprint density at radius 3 is 2.24 bits per heavy atom. The molecule has 1 aromatic heterocycles. The van der Waals surface area contributed by atoms with Crippen molar-refractivity contribution < 1.29 is 32.2 Å². The zero-order chi connectivity index (χ0) is 24.2. The minimum atomic E-state index is -4.60. The van der Waals surface area contributed by atoms with Crippen LogP contribution in [0.2, 0.25) is 0 Å². The number of nitrogens with one attached hydrogen (secondary N) is 1. The van der Waals surface area contributed by atoms with Gasteiger partial charge in [-0.05, 0) is 42.5 Å². The second kappa shape index (κ2) is 9.63. The highest BCUT2D eigenvalue weighted by Gasteiger charge is 2.31. The predicted molar refractivity (Wildman–Crippen MR) is 114 cm³/mol. The minimum absolute atomic E-state index is 0.0377. The lowest BCUT2D eigenvalue weighted by Gasteiger charge is -2.14. The Balaban J connectivity index is 1.86. The summed E-state index contributed by atoms with van der Waals surface area (Å²) in [5, 5.41) is 6.53.